The van der Waals surface area contributed by atoms with Crippen LogP contribution in [0.5, 0.6) is 0 Å². The zero-order valence-electron chi connectivity index (χ0n) is 15.5. The van der Waals surface area contributed by atoms with Crippen LogP contribution in [0, 0.1) is 0 Å². The van der Waals surface area contributed by atoms with Crippen LogP contribution in [-0.2, 0) is 23.9 Å². The highest BCUT2D eigenvalue weighted by molar-refractivity contribution is 5.27. The van der Waals surface area contributed by atoms with Gasteiger partial charge in [0.15, 0.2) is 0 Å². The van der Waals surface area contributed by atoms with Gasteiger partial charge < -0.3 is 9.84 Å². The highest BCUT2D eigenvalue weighted by Gasteiger charge is 2.46. The molecular formula is C22H24F3NO2. The first-order chi connectivity index (χ1) is 13.3. The van der Waals surface area contributed by atoms with Crippen LogP contribution in [0.25, 0.3) is 0 Å². The molecule has 6 heteroatoms. The third kappa shape index (κ3) is 4.24. The normalized spacial score (nSPS) is 28.3. The molecule has 0 saturated carbocycles. The lowest BCUT2D eigenvalue weighted by molar-refractivity contribution is -0.146. The van der Waals surface area contributed by atoms with Gasteiger partial charge in [0, 0.05) is 25.0 Å². The second kappa shape index (κ2) is 7.50. The monoisotopic (exact) mass is 391 g/mol. The van der Waals surface area contributed by atoms with Crippen molar-refractivity contribution < 1.29 is 23.0 Å². The van der Waals surface area contributed by atoms with E-state index in [4.69, 9.17) is 4.74 Å². The number of hydrogen-bond donors (Lipinski definition) is 1. The van der Waals surface area contributed by atoms with Crippen LogP contribution in [0.15, 0.2) is 54.6 Å². The number of nitrogens with zero attached hydrogens (tertiary/aromatic N) is 1. The molecule has 2 aromatic carbocycles. The fraction of sp³-hybridized carbons (Fsp3) is 0.455. The molecule has 2 fully saturated rings. The summed E-state index contributed by atoms with van der Waals surface area (Å²) in [7, 11) is 0. The summed E-state index contributed by atoms with van der Waals surface area (Å²) in [5, 5.41) is 11.2. The van der Waals surface area contributed by atoms with E-state index in [9.17, 15) is 18.3 Å². The van der Waals surface area contributed by atoms with Crippen molar-refractivity contribution in [2.24, 2.45) is 0 Å². The molecule has 3 nitrogen and oxygen atoms in total. The summed E-state index contributed by atoms with van der Waals surface area (Å²) in [6, 6.07) is 15.6. The SMILES string of the molecule is OC1(Cc2cccc(C(F)(F)F)c2)CC2COCC(C1)N2Cc1ccccc1. The van der Waals surface area contributed by atoms with Crippen molar-refractivity contribution in [2.75, 3.05) is 13.2 Å². The second-order valence-corrected chi connectivity index (χ2v) is 8.01. The number of alkyl halides is 3. The van der Waals surface area contributed by atoms with Crippen LogP contribution >= 0.6 is 0 Å². The van der Waals surface area contributed by atoms with Gasteiger partial charge >= 0.3 is 6.18 Å². The van der Waals surface area contributed by atoms with E-state index in [1.54, 1.807) is 6.07 Å². The van der Waals surface area contributed by atoms with Crippen LogP contribution in [0.4, 0.5) is 13.2 Å². The van der Waals surface area contributed by atoms with Crippen molar-refractivity contribution in [3.63, 3.8) is 0 Å². The minimum absolute atomic E-state index is 0.0588. The van der Waals surface area contributed by atoms with Crippen molar-refractivity contribution in [1.29, 1.82) is 0 Å². The number of aliphatic hydroxyl groups is 1. The zero-order valence-corrected chi connectivity index (χ0v) is 15.5. The van der Waals surface area contributed by atoms with Crippen LogP contribution in [-0.4, -0.2) is 40.9 Å². The summed E-state index contributed by atoms with van der Waals surface area (Å²) in [5.41, 5.74) is 0.0467. The first kappa shape index (κ1) is 19.4. The number of benzene rings is 2. The quantitative estimate of drug-likeness (QED) is 0.854. The molecule has 28 heavy (non-hydrogen) atoms. The Kier molecular flexibility index (Phi) is 5.21. The molecule has 0 spiro atoms. The number of piperidine rings is 1. The molecule has 0 amide bonds. The fourth-order valence-corrected chi connectivity index (χ4v) is 4.58. The summed E-state index contributed by atoms with van der Waals surface area (Å²) in [6.45, 7) is 1.86. The Bertz CT molecular complexity index is 795. The van der Waals surface area contributed by atoms with Gasteiger partial charge in [0.05, 0.1) is 24.4 Å². The number of ether oxygens (including phenoxy) is 1. The molecule has 150 valence electrons. The third-order valence-electron chi connectivity index (χ3n) is 5.79. The van der Waals surface area contributed by atoms with Gasteiger partial charge in [-0.15, -0.1) is 0 Å². The van der Waals surface area contributed by atoms with E-state index in [2.05, 4.69) is 17.0 Å². The minimum Gasteiger partial charge on any atom is -0.389 e. The van der Waals surface area contributed by atoms with E-state index in [-0.39, 0.29) is 18.5 Å². The molecule has 0 aromatic heterocycles. The summed E-state index contributed by atoms with van der Waals surface area (Å²) in [4.78, 5) is 2.37. The topological polar surface area (TPSA) is 32.7 Å². The summed E-state index contributed by atoms with van der Waals surface area (Å²) < 4.78 is 44.7. The molecule has 2 aliphatic rings. The molecule has 2 bridgehead atoms. The van der Waals surface area contributed by atoms with Crippen molar-refractivity contribution in [3.8, 4) is 0 Å². The molecule has 2 heterocycles. The maximum atomic E-state index is 13.0. The Morgan fingerprint density at radius 1 is 0.964 bits per heavy atom. The molecule has 0 aliphatic carbocycles. The predicted molar refractivity (Wildman–Crippen MR) is 99.7 cm³/mol. The number of fused-ring (bicyclic) bond motifs is 2. The maximum absolute atomic E-state index is 13.0. The number of halogens is 3. The smallest absolute Gasteiger partial charge is 0.389 e. The zero-order chi connectivity index (χ0) is 19.8. The highest BCUT2D eigenvalue weighted by Crippen LogP contribution is 2.38. The Morgan fingerprint density at radius 3 is 2.25 bits per heavy atom. The molecule has 2 atom stereocenters. The van der Waals surface area contributed by atoms with E-state index in [0.29, 0.717) is 31.6 Å². The van der Waals surface area contributed by atoms with Gasteiger partial charge in [-0.2, -0.15) is 13.2 Å². The summed E-state index contributed by atoms with van der Waals surface area (Å²) >= 11 is 0. The second-order valence-electron chi connectivity index (χ2n) is 8.01. The number of morpholine rings is 1. The molecule has 2 aliphatic heterocycles. The summed E-state index contributed by atoms with van der Waals surface area (Å²) in [5.74, 6) is 0. The van der Waals surface area contributed by atoms with Gasteiger partial charge in [-0.05, 0) is 30.0 Å². The van der Waals surface area contributed by atoms with E-state index in [0.717, 1.165) is 18.7 Å². The Morgan fingerprint density at radius 2 is 1.61 bits per heavy atom. The van der Waals surface area contributed by atoms with Crippen LogP contribution < -0.4 is 0 Å². The highest BCUT2D eigenvalue weighted by atomic mass is 19.4. The van der Waals surface area contributed by atoms with Crippen molar-refractivity contribution >= 4 is 0 Å². The molecule has 0 radical (unpaired) electrons. The van der Waals surface area contributed by atoms with Gasteiger partial charge in [-0.3, -0.25) is 4.90 Å². The van der Waals surface area contributed by atoms with Crippen LogP contribution in [0.3, 0.4) is 0 Å². The van der Waals surface area contributed by atoms with E-state index in [1.807, 2.05) is 18.2 Å². The molecule has 4 rings (SSSR count). The first-order valence-corrected chi connectivity index (χ1v) is 9.58. The molecule has 2 aromatic rings. The van der Waals surface area contributed by atoms with E-state index in [1.165, 1.54) is 11.6 Å². The van der Waals surface area contributed by atoms with Gasteiger partial charge in [-0.1, -0.05) is 48.5 Å². The predicted octanol–water partition coefficient (Wildman–Crippen LogP) is 4.04. The van der Waals surface area contributed by atoms with Gasteiger partial charge in [0.1, 0.15) is 0 Å². The Balaban J connectivity index is 1.50. The van der Waals surface area contributed by atoms with Crippen molar-refractivity contribution in [2.45, 2.75) is 49.7 Å². The Hall–Kier alpha value is -1.89. The minimum atomic E-state index is -4.37. The van der Waals surface area contributed by atoms with Crippen LogP contribution in [0.2, 0.25) is 0 Å². The standard InChI is InChI=1S/C22H24F3NO2/c23-22(24,25)18-8-4-7-17(9-18)10-21(27)11-19-14-28-15-20(12-21)26(19)13-16-5-2-1-3-6-16/h1-9,19-20,27H,10-15H2. The molecule has 1 N–H and O–H groups in total. The molecule has 2 saturated heterocycles. The van der Waals surface area contributed by atoms with Gasteiger partial charge in [0.2, 0.25) is 0 Å². The van der Waals surface area contributed by atoms with E-state index >= 15 is 0 Å². The largest absolute Gasteiger partial charge is 0.416 e. The number of rotatable bonds is 4. The lowest BCUT2D eigenvalue weighted by atomic mass is 9.77. The molecular weight excluding hydrogens is 367 g/mol. The van der Waals surface area contributed by atoms with Crippen LogP contribution in [0.1, 0.15) is 29.5 Å². The van der Waals surface area contributed by atoms with E-state index < -0.39 is 17.3 Å². The summed E-state index contributed by atoms with van der Waals surface area (Å²) in [6.07, 6.45) is -3.16. The van der Waals surface area contributed by atoms with Gasteiger partial charge in [-0.25, -0.2) is 0 Å². The van der Waals surface area contributed by atoms with Crippen molar-refractivity contribution in [1.82, 2.24) is 4.90 Å². The average Bonchev–Trinajstić information content (AvgIpc) is 2.63. The number of hydrogen-bond acceptors (Lipinski definition) is 3. The van der Waals surface area contributed by atoms with Gasteiger partial charge in [0.25, 0.3) is 0 Å². The lowest BCUT2D eigenvalue weighted by Gasteiger charge is -2.52. The first-order valence-electron chi connectivity index (χ1n) is 9.58. The maximum Gasteiger partial charge on any atom is 0.416 e. The third-order valence-corrected chi connectivity index (χ3v) is 5.79. The Labute approximate surface area is 162 Å². The van der Waals surface area contributed by atoms with Crippen molar-refractivity contribution in [3.05, 3.63) is 71.3 Å². The fourth-order valence-electron chi connectivity index (χ4n) is 4.58. The lowest BCUT2D eigenvalue weighted by Crippen LogP contribution is -2.61. The average molecular weight is 391 g/mol. The molecule has 2 unspecified atom stereocenters.